The molecule has 2 amide bonds. The van der Waals surface area contributed by atoms with Gasteiger partial charge in [-0.3, -0.25) is 9.59 Å². The molecule has 0 aliphatic carbocycles. The first-order valence-electron chi connectivity index (χ1n) is 12.4. The number of para-hydroxylation sites is 1. The molecule has 0 fully saturated rings. The van der Waals surface area contributed by atoms with Crippen molar-refractivity contribution in [1.82, 2.24) is 5.43 Å². The Balaban J connectivity index is 1.23. The highest BCUT2D eigenvalue weighted by Gasteiger charge is 2.14. The number of anilines is 1. The number of hydrogen-bond donors (Lipinski definition) is 2. The van der Waals surface area contributed by atoms with E-state index in [0.29, 0.717) is 35.1 Å². The summed E-state index contributed by atoms with van der Waals surface area (Å²) in [5, 5.41) is 8.49. The van der Waals surface area contributed by atoms with Gasteiger partial charge in [0.2, 0.25) is 0 Å². The Morgan fingerprint density at radius 2 is 1.52 bits per heavy atom. The van der Waals surface area contributed by atoms with Gasteiger partial charge in [0, 0.05) is 15.7 Å². The van der Waals surface area contributed by atoms with Crippen molar-refractivity contribution in [1.29, 1.82) is 0 Å². The molecular formula is C32H24BrN3O4. The molecule has 0 unspecified atom stereocenters. The van der Waals surface area contributed by atoms with Crippen molar-refractivity contribution in [3.05, 3.63) is 131 Å². The van der Waals surface area contributed by atoms with E-state index in [0.717, 1.165) is 20.8 Å². The van der Waals surface area contributed by atoms with E-state index in [-0.39, 0.29) is 0 Å². The van der Waals surface area contributed by atoms with E-state index >= 15 is 0 Å². The quantitative estimate of drug-likeness (QED) is 0.114. The minimum atomic E-state index is -0.905. The highest BCUT2D eigenvalue weighted by atomic mass is 79.9. The van der Waals surface area contributed by atoms with E-state index in [1.165, 1.54) is 6.21 Å². The van der Waals surface area contributed by atoms with Gasteiger partial charge in [-0.1, -0.05) is 76.6 Å². The van der Waals surface area contributed by atoms with Crippen LogP contribution >= 0.6 is 15.9 Å². The Morgan fingerprint density at radius 1 is 0.775 bits per heavy atom. The number of nitrogens with zero attached hydrogens (tertiary/aromatic N) is 1. The van der Waals surface area contributed by atoms with Gasteiger partial charge in [0.25, 0.3) is 0 Å². The van der Waals surface area contributed by atoms with Gasteiger partial charge < -0.3 is 14.8 Å². The number of benzene rings is 5. The number of hydrogen-bond acceptors (Lipinski definition) is 5. The van der Waals surface area contributed by atoms with Crippen LogP contribution < -0.4 is 20.2 Å². The van der Waals surface area contributed by atoms with Gasteiger partial charge in [-0.05, 0) is 70.9 Å². The number of carbonyl (C=O) groups is 2. The number of rotatable bonds is 8. The Kier molecular flexibility index (Phi) is 8.48. The van der Waals surface area contributed by atoms with Gasteiger partial charge >= 0.3 is 11.8 Å². The largest absolute Gasteiger partial charge is 0.488 e. The average Bonchev–Trinajstić information content (AvgIpc) is 2.98. The molecule has 0 bridgehead atoms. The molecule has 198 valence electrons. The Hall–Kier alpha value is -4.95. The van der Waals surface area contributed by atoms with Crippen molar-refractivity contribution in [2.45, 2.75) is 6.61 Å². The average molecular weight is 594 g/mol. The molecule has 0 radical (unpaired) electrons. The molecule has 7 nitrogen and oxygen atoms in total. The molecule has 0 spiro atoms. The molecule has 0 saturated carbocycles. The lowest BCUT2D eigenvalue weighted by Crippen LogP contribution is -2.32. The summed E-state index contributed by atoms with van der Waals surface area (Å²) < 4.78 is 12.8. The standard InChI is InChI=1S/C32H24BrN3O4/c33-24-9-6-7-22(19-24)21-39-30-18-13-23-8-4-5-12-28(23)29(30)20-34-36-32(38)31(37)35-25-14-16-27(17-15-25)40-26-10-2-1-3-11-26/h1-20H,21H2,(H,35,37)(H,36,38)/b34-20-. The summed E-state index contributed by atoms with van der Waals surface area (Å²) >= 11 is 3.48. The molecular weight excluding hydrogens is 570 g/mol. The maximum atomic E-state index is 12.4. The van der Waals surface area contributed by atoms with Crippen LogP contribution in [0, 0.1) is 0 Å². The van der Waals surface area contributed by atoms with Crippen LogP contribution in [0.15, 0.2) is 125 Å². The maximum absolute atomic E-state index is 12.4. The van der Waals surface area contributed by atoms with Gasteiger partial charge in [-0.15, -0.1) is 0 Å². The van der Waals surface area contributed by atoms with Crippen LogP contribution in [0.3, 0.4) is 0 Å². The highest BCUT2D eigenvalue weighted by molar-refractivity contribution is 9.10. The SMILES string of the molecule is O=C(N/N=C\c1c(OCc2cccc(Br)c2)ccc2ccccc12)C(=O)Nc1ccc(Oc2ccccc2)cc1. The van der Waals surface area contributed by atoms with Gasteiger partial charge in [-0.2, -0.15) is 5.10 Å². The second kappa shape index (κ2) is 12.7. The van der Waals surface area contributed by atoms with Gasteiger partial charge in [0.15, 0.2) is 0 Å². The molecule has 5 aromatic rings. The summed E-state index contributed by atoms with van der Waals surface area (Å²) in [5.41, 5.74) is 4.43. The third-order valence-corrected chi connectivity index (χ3v) is 6.36. The van der Waals surface area contributed by atoms with Crippen molar-refractivity contribution >= 4 is 50.4 Å². The highest BCUT2D eigenvalue weighted by Crippen LogP contribution is 2.28. The minimum Gasteiger partial charge on any atom is -0.488 e. The summed E-state index contributed by atoms with van der Waals surface area (Å²) in [6.45, 7) is 0.350. The van der Waals surface area contributed by atoms with E-state index in [1.54, 1.807) is 24.3 Å². The maximum Gasteiger partial charge on any atom is 0.329 e. The van der Waals surface area contributed by atoms with Gasteiger partial charge in [-0.25, -0.2) is 5.43 Å². The number of nitrogens with one attached hydrogen (secondary N) is 2. The van der Waals surface area contributed by atoms with Gasteiger partial charge in [0.05, 0.1) is 6.21 Å². The zero-order chi connectivity index (χ0) is 27.7. The molecule has 8 heteroatoms. The number of fused-ring (bicyclic) bond motifs is 1. The molecule has 5 rings (SSSR count). The lowest BCUT2D eigenvalue weighted by Gasteiger charge is -2.12. The summed E-state index contributed by atoms with van der Waals surface area (Å²) in [6.07, 6.45) is 1.49. The van der Waals surface area contributed by atoms with E-state index in [2.05, 4.69) is 31.8 Å². The number of ether oxygens (including phenoxy) is 2. The molecule has 0 aliphatic heterocycles. The number of hydrazone groups is 1. The van der Waals surface area contributed by atoms with E-state index in [4.69, 9.17) is 9.47 Å². The molecule has 0 saturated heterocycles. The second-order valence-electron chi connectivity index (χ2n) is 8.71. The summed E-state index contributed by atoms with van der Waals surface area (Å²) in [7, 11) is 0. The van der Waals surface area contributed by atoms with E-state index in [1.807, 2.05) is 91.0 Å². The van der Waals surface area contributed by atoms with Crippen LogP contribution in [0.25, 0.3) is 10.8 Å². The fourth-order valence-corrected chi connectivity index (χ4v) is 4.39. The molecule has 2 N–H and O–H groups in total. The molecule has 0 aromatic heterocycles. The van der Waals surface area contributed by atoms with Crippen LogP contribution in [-0.2, 0) is 16.2 Å². The first-order chi connectivity index (χ1) is 19.5. The lowest BCUT2D eigenvalue weighted by molar-refractivity contribution is -0.136. The fraction of sp³-hybridized carbons (Fsp3) is 0.0312. The monoisotopic (exact) mass is 593 g/mol. The molecule has 0 aliphatic rings. The Bertz CT molecular complexity index is 1670. The first kappa shape index (κ1) is 26.6. The topological polar surface area (TPSA) is 89.0 Å². The van der Waals surface area contributed by atoms with Crippen molar-refractivity contribution in [3.8, 4) is 17.2 Å². The van der Waals surface area contributed by atoms with Crippen LogP contribution in [0.4, 0.5) is 5.69 Å². The van der Waals surface area contributed by atoms with Gasteiger partial charge in [0.1, 0.15) is 23.9 Å². The normalized spacial score (nSPS) is 10.8. The van der Waals surface area contributed by atoms with E-state index < -0.39 is 11.8 Å². The molecule has 0 heterocycles. The first-order valence-corrected chi connectivity index (χ1v) is 13.2. The van der Waals surface area contributed by atoms with Crippen LogP contribution in [0.1, 0.15) is 11.1 Å². The Labute approximate surface area is 239 Å². The Morgan fingerprint density at radius 3 is 2.33 bits per heavy atom. The number of carbonyl (C=O) groups excluding carboxylic acids is 2. The summed E-state index contributed by atoms with van der Waals surface area (Å²) in [5.74, 6) is 0.144. The van der Waals surface area contributed by atoms with E-state index in [9.17, 15) is 9.59 Å². The predicted molar refractivity (Wildman–Crippen MR) is 160 cm³/mol. The minimum absolute atomic E-state index is 0.350. The zero-order valence-corrected chi connectivity index (χ0v) is 22.8. The number of amides is 2. The fourth-order valence-electron chi connectivity index (χ4n) is 3.95. The summed E-state index contributed by atoms with van der Waals surface area (Å²) in [4.78, 5) is 24.9. The predicted octanol–water partition coefficient (Wildman–Crippen LogP) is 7.06. The molecule has 5 aromatic carbocycles. The lowest BCUT2D eigenvalue weighted by atomic mass is 10.0. The van der Waals surface area contributed by atoms with Crippen molar-refractivity contribution in [3.63, 3.8) is 0 Å². The third-order valence-electron chi connectivity index (χ3n) is 5.87. The van der Waals surface area contributed by atoms with Crippen LogP contribution in [0.5, 0.6) is 17.2 Å². The molecule has 40 heavy (non-hydrogen) atoms. The van der Waals surface area contributed by atoms with Crippen LogP contribution in [0.2, 0.25) is 0 Å². The van der Waals surface area contributed by atoms with Crippen LogP contribution in [-0.4, -0.2) is 18.0 Å². The summed E-state index contributed by atoms with van der Waals surface area (Å²) in [6, 6.07) is 35.5. The zero-order valence-electron chi connectivity index (χ0n) is 21.2. The van der Waals surface area contributed by atoms with Crippen molar-refractivity contribution < 1.29 is 19.1 Å². The second-order valence-corrected chi connectivity index (χ2v) is 9.63. The molecule has 0 atom stereocenters. The third kappa shape index (κ3) is 6.92. The smallest absolute Gasteiger partial charge is 0.329 e. The number of halogens is 1. The van der Waals surface area contributed by atoms with Crippen molar-refractivity contribution in [2.24, 2.45) is 5.10 Å². The van der Waals surface area contributed by atoms with Crippen molar-refractivity contribution in [2.75, 3.05) is 5.32 Å².